The molecule has 4 aromatic carbocycles. The number of nitro groups is 2. The normalized spacial score (nSPS) is 11.7. The Labute approximate surface area is 277 Å². The highest BCUT2D eigenvalue weighted by Gasteiger charge is 2.28. The van der Waals surface area contributed by atoms with Crippen molar-refractivity contribution in [3.63, 3.8) is 0 Å². The van der Waals surface area contributed by atoms with Crippen LogP contribution in [-0.2, 0) is 24.3 Å². The van der Waals surface area contributed by atoms with Crippen molar-refractivity contribution >= 4 is 34.0 Å². The molecule has 12 heteroatoms. The molecule has 0 aliphatic carbocycles. The Morgan fingerprint density at radius 2 is 1.60 bits per heavy atom. The van der Waals surface area contributed by atoms with E-state index in [9.17, 15) is 29.8 Å². The maximum atomic E-state index is 14.1. The SMILES string of the molecule is CC(C)C[C@@H](CN(Cc1cccc2ccccc12)C(=O)c1ccccc1[N+](=O)[O-])NC(=O)Cc1cncn1Cc1ccc([N+](=O)[O-])cc1. The molecule has 246 valence electrons. The highest BCUT2D eigenvalue weighted by molar-refractivity contribution is 5.98. The lowest BCUT2D eigenvalue weighted by molar-refractivity contribution is -0.385. The fourth-order valence-electron chi connectivity index (χ4n) is 5.85. The number of nitrogens with zero attached hydrogens (tertiary/aromatic N) is 5. The van der Waals surface area contributed by atoms with E-state index in [0.717, 1.165) is 21.9 Å². The van der Waals surface area contributed by atoms with Crippen LogP contribution < -0.4 is 5.32 Å². The van der Waals surface area contributed by atoms with Gasteiger partial charge in [0.05, 0.1) is 22.6 Å². The first-order chi connectivity index (χ1) is 23.1. The maximum Gasteiger partial charge on any atom is 0.282 e. The number of aromatic nitrogens is 2. The van der Waals surface area contributed by atoms with Crippen LogP contribution in [0.25, 0.3) is 10.8 Å². The second-order valence-electron chi connectivity index (χ2n) is 12.1. The first-order valence-electron chi connectivity index (χ1n) is 15.6. The first-order valence-corrected chi connectivity index (χ1v) is 15.6. The number of nitrogens with one attached hydrogen (secondary N) is 1. The number of hydrogen-bond donors (Lipinski definition) is 1. The summed E-state index contributed by atoms with van der Waals surface area (Å²) in [4.78, 5) is 55.3. The van der Waals surface area contributed by atoms with E-state index in [1.165, 1.54) is 30.3 Å². The van der Waals surface area contributed by atoms with Crippen LogP contribution in [0.2, 0.25) is 0 Å². The minimum Gasteiger partial charge on any atom is -0.351 e. The molecule has 1 heterocycles. The van der Waals surface area contributed by atoms with E-state index in [-0.39, 0.29) is 48.3 Å². The lowest BCUT2D eigenvalue weighted by atomic mass is 10.0. The predicted molar refractivity (Wildman–Crippen MR) is 181 cm³/mol. The Kier molecular flexibility index (Phi) is 10.5. The summed E-state index contributed by atoms with van der Waals surface area (Å²) in [5, 5.41) is 28.0. The van der Waals surface area contributed by atoms with Crippen LogP contribution in [0.15, 0.2) is 104 Å². The quantitative estimate of drug-likeness (QED) is 0.109. The van der Waals surface area contributed by atoms with Gasteiger partial charge in [-0.15, -0.1) is 0 Å². The van der Waals surface area contributed by atoms with E-state index in [2.05, 4.69) is 10.3 Å². The standard InChI is InChI=1S/C36H36N6O6/c1-25(2)18-29(38-35(43)19-31-20-37-24-40(31)21-26-14-16-30(17-15-26)41(45)46)23-39(36(44)33-12-5-6-13-34(33)42(47)48)22-28-10-7-9-27-8-3-4-11-32(27)28/h3-17,20,24-25,29H,18-19,21-23H2,1-2H3,(H,38,43)/t29-/m0/s1. The number of benzene rings is 4. The van der Waals surface area contributed by atoms with Gasteiger partial charge in [0.2, 0.25) is 5.91 Å². The number of hydrogen-bond acceptors (Lipinski definition) is 7. The maximum absolute atomic E-state index is 14.1. The van der Waals surface area contributed by atoms with Crippen LogP contribution in [0.3, 0.4) is 0 Å². The lowest BCUT2D eigenvalue weighted by Crippen LogP contribution is -2.46. The summed E-state index contributed by atoms with van der Waals surface area (Å²) in [7, 11) is 0. The fourth-order valence-corrected chi connectivity index (χ4v) is 5.85. The van der Waals surface area contributed by atoms with Crippen LogP contribution in [0.4, 0.5) is 11.4 Å². The van der Waals surface area contributed by atoms with Crippen molar-refractivity contribution in [3.8, 4) is 0 Å². The van der Waals surface area contributed by atoms with E-state index in [1.807, 2.05) is 60.9 Å². The van der Waals surface area contributed by atoms with E-state index in [1.54, 1.807) is 35.6 Å². The molecule has 0 aliphatic heterocycles. The van der Waals surface area contributed by atoms with E-state index >= 15 is 0 Å². The minimum atomic E-state index is -0.559. The Morgan fingerprint density at radius 3 is 2.33 bits per heavy atom. The summed E-state index contributed by atoms with van der Waals surface area (Å²) < 4.78 is 1.81. The van der Waals surface area contributed by atoms with E-state index in [0.29, 0.717) is 18.7 Å². The highest BCUT2D eigenvalue weighted by atomic mass is 16.6. The molecule has 0 spiro atoms. The van der Waals surface area contributed by atoms with Gasteiger partial charge in [0, 0.05) is 55.8 Å². The number of non-ortho nitro benzene ring substituents is 1. The smallest absolute Gasteiger partial charge is 0.282 e. The van der Waals surface area contributed by atoms with Crippen LogP contribution in [0, 0.1) is 26.1 Å². The molecule has 0 aliphatic rings. The lowest BCUT2D eigenvalue weighted by Gasteiger charge is -2.30. The summed E-state index contributed by atoms with van der Waals surface area (Å²) in [6, 6.07) is 25.3. The Bertz CT molecular complexity index is 1930. The molecule has 12 nitrogen and oxygen atoms in total. The van der Waals surface area contributed by atoms with Gasteiger partial charge in [0.25, 0.3) is 17.3 Å². The van der Waals surface area contributed by atoms with Gasteiger partial charge in [0.15, 0.2) is 0 Å². The third-order valence-corrected chi connectivity index (χ3v) is 8.06. The van der Waals surface area contributed by atoms with Crippen LogP contribution in [0.5, 0.6) is 0 Å². The number of imidazole rings is 1. The van der Waals surface area contributed by atoms with Crippen molar-refractivity contribution in [2.45, 2.75) is 45.8 Å². The summed E-state index contributed by atoms with van der Waals surface area (Å²) in [5.41, 5.74) is 2.04. The average molecular weight is 649 g/mol. The molecule has 2 amide bonds. The number of carbonyl (C=O) groups is 2. The summed E-state index contributed by atoms with van der Waals surface area (Å²) in [6.07, 6.45) is 3.78. The molecular weight excluding hydrogens is 612 g/mol. The van der Waals surface area contributed by atoms with Gasteiger partial charge >= 0.3 is 0 Å². The Balaban J connectivity index is 1.38. The van der Waals surface area contributed by atoms with Gasteiger partial charge in [0.1, 0.15) is 5.56 Å². The van der Waals surface area contributed by atoms with Crippen molar-refractivity contribution < 1.29 is 19.4 Å². The molecule has 1 N–H and O–H groups in total. The number of nitro benzene ring substituents is 2. The molecule has 5 rings (SSSR count). The molecule has 0 radical (unpaired) electrons. The van der Waals surface area contributed by atoms with Crippen molar-refractivity contribution in [2.24, 2.45) is 5.92 Å². The van der Waals surface area contributed by atoms with Gasteiger partial charge < -0.3 is 14.8 Å². The molecule has 0 unspecified atom stereocenters. The fraction of sp³-hybridized carbons (Fsp3) is 0.250. The molecule has 0 saturated heterocycles. The monoisotopic (exact) mass is 648 g/mol. The van der Waals surface area contributed by atoms with Gasteiger partial charge in [-0.3, -0.25) is 29.8 Å². The van der Waals surface area contributed by atoms with Crippen molar-refractivity contribution in [3.05, 3.63) is 146 Å². The number of fused-ring (bicyclic) bond motifs is 1. The molecule has 0 saturated carbocycles. The van der Waals surface area contributed by atoms with Crippen molar-refractivity contribution in [1.29, 1.82) is 0 Å². The Hall–Kier alpha value is -5.91. The van der Waals surface area contributed by atoms with E-state index < -0.39 is 21.8 Å². The first kappa shape index (κ1) is 33.5. The van der Waals surface area contributed by atoms with Gasteiger partial charge in [-0.25, -0.2) is 4.98 Å². The zero-order valence-corrected chi connectivity index (χ0v) is 26.7. The molecule has 0 fully saturated rings. The number of rotatable bonds is 14. The zero-order chi connectivity index (χ0) is 34.2. The molecule has 5 aromatic rings. The number of amides is 2. The Morgan fingerprint density at radius 1 is 0.896 bits per heavy atom. The highest BCUT2D eigenvalue weighted by Crippen LogP contribution is 2.25. The summed E-state index contributed by atoms with van der Waals surface area (Å²) in [5.74, 6) is -0.600. The van der Waals surface area contributed by atoms with Gasteiger partial charge in [-0.05, 0) is 40.3 Å². The second-order valence-corrected chi connectivity index (χ2v) is 12.1. The largest absolute Gasteiger partial charge is 0.351 e. The van der Waals surface area contributed by atoms with Gasteiger partial charge in [-0.1, -0.05) is 80.6 Å². The average Bonchev–Trinajstić information content (AvgIpc) is 3.49. The molecular formula is C36H36N6O6. The topological polar surface area (TPSA) is 154 Å². The minimum absolute atomic E-state index is 0.00461. The third-order valence-electron chi connectivity index (χ3n) is 8.06. The summed E-state index contributed by atoms with van der Waals surface area (Å²) in [6.45, 7) is 4.73. The van der Waals surface area contributed by atoms with Crippen molar-refractivity contribution in [1.82, 2.24) is 19.8 Å². The number of para-hydroxylation sites is 1. The zero-order valence-electron chi connectivity index (χ0n) is 26.7. The predicted octanol–water partition coefficient (Wildman–Crippen LogP) is 6.32. The molecule has 48 heavy (non-hydrogen) atoms. The third kappa shape index (κ3) is 8.27. The van der Waals surface area contributed by atoms with Crippen LogP contribution >= 0.6 is 0 Å². The van der Waals surface area contributed by atoms with Crippen LogP contribution in [0.1, 0.15) is 47.4 Å². The molecule has 1 aromatic heterocycles. The summed E-state index contributed by atoms with van der Waals surface area (Å²) >= 11 is 0. The van der Waals surface area contributed by atoms with Gasteiger partial charge in [-0.2, -0.15) is 0 Å². The molecule has 1 atom stereocenters. The van der Waals surface area contributed by atoms with Crippen LogP contribution in [-0.4, -0.2) is 48.7 Å². The van der Waals surface area contributed by atoms with E-state index in [4.69, 9.17) is 0 Å². The molecule has 0 bridgehead atoms. The number of carbonyl (C=O) groups excluding carboxylic acids is 2. The van der Waals surface area contributed by atoms with Crippen molar-refractivity contribution in [2.75, 3.05) is 6.54 Å². The second kappa shape index (κ2) is 15.1.